The molecule has 27 heavy (non-hydrogen) atoms. The van der Waals surface area contributed by atoms with Crippen LogP contribution in [-0.2, 0) is 17.8 Å². The highest BCUT2D eigenvalue weighted by Crippen LogP contribution is 2.24. The van der Waals surface area contributed by atoms with Crippen molar-refractivity contribution in [2.45, 2.75) is 19.9 Å². The molecule has 0 saturated carbocycles. The summed E-state index contributed by atoms with van der Waals surface area (Å²) in [5.74, 6) is -0.890. The van der Waals surface area contributed by atoms with Gasteiger partial charge in [-0.2, -0.15) is 0 Å². The minimum absolute atomic E-state index is 0. The second kappa shape index (κ2) is 9.34. The number of anilines is 2. The van der Waals surface area contributed by atoms with Crippen LogP contribution in [0.3, 0.4) is 0 Å². The molecule has 3 rings (SSSR count). The predicted molar refractivity (Wildman–Crippen MR) is 106 cm³/mol. The van der Waals surface area contributed by atoms with Crippen molar-refractivity contribution in [2.75, 3.05) is 23.7 Å². The van der Waals surface area contributed by atoms with Gasteiger partial charge in [0.1, 0.15) is 5.82 Å². The van der Waals surface area contributed by atoms with Gasteiger partial charge in [-0.15, -0.1) is 12.4 Å². The Balaban J connectivity index is 0.00000261. The predicted octanol–water partition coefficient (Wildman–Crippen LogP) is 2.96. The van der Waals surface area contributed by atoms with Crippen LogP contribution in [0.25, 0.3) is 0 Å². The van der Waals surface area contributed by atoms with Gasteiger partial charge in [0, 0.05) is 12.2 Å². The van der Waals surface area contributed by atoms with E-state index in [1.54, 1.807) is 18.2 Å². The number of hydrogen-bond acceptors (Lipinski definition) is 3. The van der Waals surface area contributed by atoms with Crippen molar-refractivity contribution in [1.29, 1.82) is 0 Å². The molecule has 1 heterocycles. The number of carbonyl (C=O) groups is 2. The quantitative estimate of drug-likeness (QED) is 0.645. The molecule has 0 unspecified atom stereocenters. The fraction of sp³-hybridized carbons (Fsp3) is 0.263. The van der Waals surface area contributed by atoms with Crippen molar-refractivity contribution in [3.8, 4) is 0 Å². The highest BCUT2D eigenvalue weighted by atomic mass is 35.5. The van der Waals surface area contributed by atoms with E-state index in [1.165, 1.54) is 0 Å². The number of aryl methyl sites for hydroxylation is 1. The molecule has 3 amide bonds. The van der Waals surface area contributed by atoms with Crippen molar-refractivity contribution in [3.63, 3.8) is 0 Å². The van der Waals surface area contributed by atoms with Gasteiger partial charge in [-0.3, -0.25) is 4.79 Å². The van der Waals surface area contributed by atoms with Gasteiger partial charge in [0.25, 0.3) is 0 Å². The first-order chi connectivity index (χ1) is 12.5. The van der Waals surface area contributed by atoms with E-state index in [-0.39, 0.29) is 24.6 Å². The smallest absolute Gasteiger partial charge is 0.319 e. The summed E-state index contributed by atoms with van der Waals surface area (Å²) in [5, 5.41) is 10.8. The second-order valence-corrected chi connectivity index (χ2v) is 6.22. The van der Waals surface area contributed by atoms with Gasteiger partial charge >= 0.3 is 6.03 Å². The van der Waals surface area contributed by atoms with Crippen molar-refractivity contribution < 1.29 is 14.0 Å². The molecule has 0 bridgehead atoms. The second-order valence-electron chi connectivity index (χ2n) is 6.22. The molecule has 144 valence electrons. The molecule has 1 aliphatic rings. The van der Waals surface area contributed by atoms with Gasteiger partial charge in [0.05, 0.1) is 12.2 Å². The van der Waals surface area contributed by atoms with Crippen LogP contribution in [0.4, 0.5) is 20.6 Å². The van der Waals surface area contributed by atoms with Crippen LogP contribution in [-0.4, -0.2) is 25.0 Å². The standard InChI is InChI=1S/C19H21FN4O2.ClH/c1-12-3-2-4-14(9-12)23-19(26)22-11-17(25)24-16-6-5-13-10-21-8-7-15(13)18(16)20;/h2-6,9,21H,7-8,10-11H2,1H3,(H,24,25)(H2,22,23,26);1H. The van der Waals surface area contributed by atoms with Gasteiger partial charge in [0.2, 0.25) is 5.91 Å². The normalized spacial score (nSPS) is 12.4. The minimum atomic E-state index is -0.497. The van der Waals surface area contributed by atoms with Gasteiger partial charge in [-0.05, 0) is 54.8 Å². The van der Waals surface area contributed by atoms with E-state index in [9.17, 15) is 14.0 Å². The van der Waals surface area contributed by atoms with E-state index in [4.69, 9.17) is 0 Å². The number of nitrogens with one attached hydrogen (secondary N) is 4. The van der Waals surface area contributed by atoms with E-state index in [2.05, 4.69) is 21.3 Å². The summed E-state index contributed by atoms with van der Waals surface area (Å²) in [4.78, 5) is 23.9. The fourth-order valence-corrected chi connectivity index (χ4v) is 2.88. The van der Waals surface area contributed by atoms with E-state index in [0.717, 1.165) is 11.1 Å². The van der Waals surface area contributed by atoms with Crippen molar-refractivity contribution in [3.05, 3.63) is 58.9 Å². The molecule has 6 nitrogen and oxygen atoms in total. The van der Waals surface area contributed by atoms with Crippen LogP contribution in [0.1, 0.15) is 16.7 Å². The summed E-state index contributed by atoms with van der Waals surface area (Å²) in [6.45, 7) is 3.00. The summed E-state index contributed by atoms with van der Waals surface area (Å²) in [6, 6.07) is 10.2. The Kier molecular flexibility index (Phi) is 7.15. The molecule has 2 aromatic rings. The number of amides is 3. The molecule has 0 atom stereocenters. The number of halogens is 2. The Morgan fingerprint density at radius 3 is 2.78 bits per heavy atom. The maximum Gasteiger partial charge on any atom is 0.319 e. The molecule has 0 aromatic heterocycles. The fourth-order valence-electron chi connectivity index (χ4n) is 2.88. The summed E-state index contributed by atoms with van der Waals surface area (Å²) in [5.41, 5.74) is 3.32. The Labute approximate surface area is 163 Å². The van der Waals surface area contributed by atoms with Crippen LogP contribution < -0.4 is 21.3 Å². The van der Waals surface area contributed by atoms with Crippen molar-refractivity contribution in [2.24, 2.45) is 0 Å². The Morgan fingerprint density at radius 1 is 1.19 bits per heavy atom. The third kappa shape index (κ3) is 5.42. The number of rotatable bonds is 4. The van der Waals surface area contributed by atoms with Crippen LogP contribution in [0.5, 0.6) is 0 Å². The summed E-state index contributed by atoms with van der Waals surface area (Å²) >= 11 is 0. The largest absolute Gasteiger partial charge is 0.329 e. The minimum Gasteiger partial charge on any atom is -0.329 e. The number of fused-ring (bicyclic) bond motifs is 1. The van der Waals surface area contributed by atoms with E-state index < -0.39 is 17.8 Å². The van der Waals surface area contributed by atoms with Crippen LogP contribution in [0, 0.1) is 12.7 Å². The topological polar surface area (TPSA) is 82.3 Å². The third-order valence-corrected chi connectivity index (χ3v) is 4.17. The first-order valence-electron chi connectivity index (χ1n) is 8.45. The molecule has 1 aliphatic heterocycles. The number of benzene rings is 2. The molecule has 4 N–H and O–H groups in total. The van der Waals surface area contributed by atoms with E-state index in [0.29, 0.717) is 30.8 Å². The molecule has 0 radical (unpaired) electrons. The highest BCUT2D eigenvalue weighted by Gasteiger charge is 2.17. The zero-order valence-corrected chi connectivity index (χ0v) is 15.7. The zero-order chi connectivity index (χ0) is 18.5. The molecular formula is C19H22ClFN4O2. The van der Waals surface area contributed by atoms with Crippen molar-refractivity contribution in [1.82, 2.24) is 10.6 Å². The lowest BCUT2D eigenvalue weighted by Crippen LogP contribution is -2.36. The Morgan fingerprint density at radius 2 is 2.00 bits per heavy atom. The highest BCUT2D eigenvalue weighted by molar-refractivity contribution is 5.97. The summed E-state index contributed by atoms with van der Waals surface area (Å²) in [7, 11) is 0. The SMILES string of the molecule is Cc1cccc(NC(=O)NCC(=O)Nc2ccc3c(c2F)CCNC3)c1.Cl. The maximum atomic E-state index is 14.5. The molecule has 0 saturated heterocycles. The molecule has 2 aromatic carbocycles. The van der Waals surface area contributed by atoms with E-state index in [1.807, 2.05) is 25.1 Å². The first kappa shape index (κ1) is 20.7. The maximum absolute atomic E-state index is 14.5. The Hall–Kier alpha value is -2.64. The summed E-state index contributed by atoms with van der Waals surface area (Å²) < 4.78 is 14.5. The average Bonchev–Trinajstić information content (AvgIpc) is 2.63. The lowest BCUT2D eigenvalue weighted by molar-refractivity contribution is -0.115. The molecule has 8 heteroatoms. The monoisotopic (exact) mass is 392 g/mol. The molecule has 0 spiro atoms. The van der Waals surface area contributed by atoms with Crippen LogP contribution in [0.15, 0.2) is 36.4 Å². The lowest BCUT2D eigenvalue weighted by atomic mass is 9.99. The molecular weight excluding hydrogens is 371 g/mol. The third-order valence-electron chi connectivity index (χ3n) is 4.17. The number of urea groups is 1. The van der Waals surface area contributed by atoms with Gasteiger partial charge < -0.3 is 21.3 Å². The first-order valence-corrected chi connectivity index (χ1v) is 8.45. The van der Waals surface area contributed by atoms with Gasteiger partial charge in [0.15, 0.2) is 0 Å². The number of carbonyl (C=O) groups excluding carboxylic acids is 2. The lowest BCUT2D eigenvalue weighted by Gasteiger charge is -2.19. The molecule has 0 aliphatic carbocycles. The van der Waals surface area contributed by atoms with Crippen molar-refractivity contribution >= 4 is 35.7 Å². The van der Waals surface area contributed by atoms with Crippen LogP contribution in [0.2, 0.25) is 0 Å². The molecule has 0 fully saturated rings. The Bertz CT molecular complexity index is 844. The van der Waals surface area contributed by atoms with Crippen LogP contribution >= 0.6 is 12.4 Å². The van der Waals surface area contributed by atoms with E-state index >= 15 is 0 Å². The average molecular weight is 393 g/mol. The zero-order valence-electron chi connectivity index (χ0n) is 14.9. The van der Waals surface area contributed by atoms with Gasteiger partial charge in [-0.1, -0.05) is 18.2 Å². The van der Waals surface area contributed by atoms with Gasteiger partial charge in [-0.25, -0.2) is 9.18 Å². The number of hydrogen-bond donors (Lipinski definition) is 4. The summed E-state index contributed by atoms with van der Waals surface area (Å²) in [6.07, 6.45) is 0.585.